The normalized spacial score (nSPS) is 14.6. The Hall–Kier alpha value is -0.860. The first-order valence-corrected chi connectivity index (χ1v) is 7.38. The third-order valence-electron chi connectivity index (χ3n) is 3.81. The summed E-state index contributed by atoms with van der Waals surface area (Å²) >= 11 is 0. The third kappa shape index (κ3) is 5.33. The minimum absolute atomic E-state index is 0.362. The van der Waals surface area contributed by atoms with Crippen molar-refractivity contribution in [2.75, 3.05) is 27.2 Å². The molecule has 1 unspecified atom stereocenters. The average Bonchev–Trinajstić information content (AvgIpc) is 2.32. The quantitative estimate of drug-likeness (QED) is 0.772. The standard InChI is InChI=1S/C17H30N2/c1-6-11-17(3,13-18-4)14-19(5)12-16-10-8-7-9-15(16)2/h7-10,18H,6,11-14H2,1-5H3. The molecule has 0 heterocycles. The molecule has 0 fully saturated rings. The van der Waals surface area contributed by atoms with Gasteiger partial charge < -0.3 is 10.2 Å². The van der Waals surface area contributed by atoms with Crippen molar-refractivity contribution in [2.24, 2.45) is 5.41 Å². The van der Waals surface area contributed by atoms with E-state index in [1.807, 2.05) is 0 Å². The fourth-order valence-electron chi connectivity index (χ4n) is 3.04. The Balaban J connectivity index is 2.62. The van der Waals surface area contributed by atoms with Gasteiger partial charge in [-0.15, -0.1) is 0 Å². The number of hydrogen-bond acceptors (Lipinski definition) is 2. The smallest absolute Gasteiger partial charge is 0.0233 e. The van der Waals surface area contributed by atoms with E-state index in [4.69, 9.17) is 0 Å². The van der Waals surface area contributed by atoms with Crippen LogP contribution in [-0.4, -0.2) is 32.1 Å². The van der Waals surface area contributed by atoms with E-state index in [1.54, 1.807) is 0 Å². The van der Waals surface area contributed by atoms with Crippen molar-refractivity contribution >= 4 is 0 Å². The highest BCUT2D eigenvalue weighted by Gasteiger charge is 2.24. The van der Waals surface area contributed by atoms with Crippen LogP contribution in [0.3, 0.4) is 0 Å². The van der Waals surface area contributed by atoms with Crippen molar-refractivity contribution in [3.63, 3.8) is 0 Å². The zero-order valence-corrected chi connectivity index (χ0v) is 13.3. The van der Waals surface area contributed by atoms with E-state index in [9.17, 15) is 0 Å². The fourth-order valence-corrected chi connectivity index (χ4v) is 3.04. The Morgan fingerprint density at radius 1 is 1.26 bits per heavy atom. The number of benzene rings is 1. The van der Waals surface area contributed by atoms with Crippen molar-refractivity contribution in [3.05, 3.63) is 35.4 Å². The van der Waals surface area contributed by atoms with E-state index in [0.717, 1.165) is 19.6 Å². The molecule has 108 valence electrons. The van der Waals surface area contributed by atoms with Crippen LogP contribution in [0.25, 0.3) is 0 Å². The number of nitrogens with one attached hydrogen (secondary N) is 1. The maximum atomic E-state index is 3.35. The molecule has 0 saturated heterocycles. The van der Waals surface area contributed by atoms with Gasteiger partial charge in [0.05, 0.1) is 0 Å². The number of aryl methyl sites for hydroxylation is 1. The lowest BCUT2D eigenvalue weighted by atomic mass is 9.85. The summed E-state index contributed by atoms with van der Waals surface area (Å²) in [5, 5.41) is 3.35. The van der Waals surface area contributed by atoms with Crippen molar-refractivity contribution in [1.29, 1.82) is 0 Å². The van der Waals surface area contributed by atoms with Gasteiger partial charge in [-0.1, -0.05) is 44.5 Å². The first-order chi connectivity index (χ1) is 9.00. The van der Waals surface area contributed by atoms with E-state index < -0.39 is 0 Å². The molecule has 0 amide bonds. The molecule has 19 heavy (non-hydrogen) atoms. The minimum atomic E-state index is 0.362. The molecule has 1 rings (SSSR count). The van der Waals surface area contributed by atoms with E-state index in [-0.39, 0.29) is 0 Å². The van der Waals surface area contributed by atoms with Gasteiger partial charge >= 0.3 is 0 Å². The Bertz CT molecular complexity index is 367. The molecule has 1 aromatic rings. The Morgan fingerprint density at radius 2 is 1.95 bits per heavy atom. The highest BCUT2D eigenvalue weighted by molar-refractivity contribution is 5.25. The molecule has 0 bridgehead atoms. The molecule has 0 aliphatic carbocycles. The van der Waals surface area contributed by atoms with Gasteiger partial charge in [-0.3, -0.25) is 0 Å². The highest BCUT2D eigenvalue weighted by atomic mass is 15.1. The first-order valence-electron chi connectivity index (χ1n) is 7.38. The van der Waals surface area contributed by atoms with E-state index in [0.29, 0.717) is 5.41 Å². The average molecular weight is 262 g/mol. The van der Waals surface area contributed by atoms with E-state index in [1.165, 1.54) is 24.0 Å². The SMILES string of the molecule is CCCC(C)(CNC)CN(C)Cc1ccccc1C. The molecule has 1 atom stereocenters. The van der Waals surface area contributed by atoms with Crippen LogP contribution in [0.2, 0.25) is 0 Å². The Morgan fingerprint density at radius 3 is 2.53 bits per heavy atom. The van der Waals surface area contributed by atoms with Crippen LogP contribution in [0.5, 0.6) is 0 Å². The monoisotopic (exact) mass is 262 g/mol. The summed E-state index contributed by atoms with van der Waals surface area (Å²) in [5.41, 5.74) is 3.19. The fraction of sp³-hybridized carbons (Fsp3) is 0.647. The molecule has 0 spiro atoms. The van der Waals surface area contributed by atoms with Crippen molar-refractivity contribution < 1.29 is 0 Å². The largest absolute Gasteiger partial charge is 0.319 e. The zero-order valence-electron chi connectivity index (χ0n) is 13.3. The van der Waals surface area contributed by atoms with Gasteiger partial charge in [-0.2, -0.15) is 0 Å². The Kier molecular flexibility index (Phi) is 6.53. The maximum absolute atomic E-state index is 3.35. The van der Waals surface area contributed by atoms with Crippen LogP contribution in [0.4, 0.5) is 0 Å². The lowest BCUT2D eigenvalue weighted by molar-refractivity contribution is 0.171. The van der Waals surface area contributed by atoms with Crippen LogP contribution in [-0.2, 0) is 6.54 Å². The second-order valence-corrected chi connectivity index (χ2v) is 6.19. The molecule has 0 radical (unpaired) electrons. The van der Waals surface area contributed by atoms with Crippen LogP contribution in [0.15, 0.2) is 24.3 Å². The number of rotatable bonds is 8. The van der Waals surface area contributed by atoms with Gasteiger partial charge in [0.15, 0.2) is 0 Å². The minimum Gasteiger partial charge on any atom is -0.319 e. The molecule has 0 saturated carbocycles. The summed E-state index contributed by atoms with van der Waals surface area (Å²) in [5.74, 6) is 0. The molecule has 1 aromatic carbocycles. The molecule has 0 aliphatic rings. The van der Waals surface area contributed by atoms with Gasteiger partial charge in [0.1, 0.15) is 0 Å². The van der Waals surface area contributed by atoms with Crippen molar-refractivity contribution in [1.82, 2.24) is 10.2 Å². The van der Waals surface area contributed by atoms with Gasteiger partial charge in [0.2, 0.25) is 0 Å². The van der Waals surface area contributed by atoms with Crippen molar-refractivity contribution in [3.8, 4) is 0 Å². The third-order valence-corrected chi connectivity index (χ3v) is 3.81. The Labute approximate surface area is 119 Å². The molecule has 0 aliphatic heterocycles. The summed E-state index contributed by atoms with van der Waals surface area (Å²) < 4.78 is 0. The van der Waals surface area contributed by atoms with Gasteiger partial charge in [0.25, 0.3) is 0 Å². The molecular formula is C17H30N2. The zero-order chi connectivity index (χ0) is 14.3. The second kappa shape index (κ2) is 7.66. The lowest BCUT2D eigenvalue weighted by Gasteiger charge is -2.34. The van der Waals surface area contributed by atoms with Crippen LogP contribution in [0.1, 0.15) is 37.8 Å². The molecule has 2 heteroatoms. The second-order valence-electron chi connectivity index (χ2n) is 6.19. The van der Waals surface area contributed by atoms with Gasteiger partial charge in [-0.05, 0) is 44.0 Å². The molecule has 2 nitrogen and oxygen atoms in total. The summed E-state index contributed by atoms with van der Waals surface area (Å²) in [6.45, 7) is 10.1. The summed E-state index contributed by atoms with van der Waals surface area (Å²) in [6, 6.07) is 8.68. The lowest BCUT2D eigenvalue weighted by Crippen LogP contribution is -2.39. The summed E-state index contributed by atoms with van der Waals surface area (Å²) in [6.07, 6.45) is 2.52. The predicted octanol–water partition coefficient (Wildman–Crippen LogP) is 3.45. The number of hydrogen-bond donors (Lipinski definition) is 1. The predicted molar refractivity (Wildman–Crippen MR) is 84.5 cm³/mol. The maximum Gasteiger partial charge on any atom is 0.0233 e. The molecule has 0 aromatic heterocycles. The topological polar surface area (TPSA) is 15.3 Å². The van der Waals surface area contributed by atoms with Crippen LogP contribution < -0.4 is 5.32 Å². The van der Waals surface area contributed by atoms with E-state index in [2.05, 4.69) is 69.3 Å². The molecular weight excluding hydrogens is 232 g/mol. The number of nitrogens with zero attached hydrogens (tertiary/aromatic N) is 1. The van der Waals surface area contributed by atoms with Crippen LogP contribution >= 0.6 is 0 Å². The van der Waals surface area contributed by atoms with Gasteiger partial charge in [-0.25, -0.2) is 0 Å². The first kappa shape index (κ1) is 16.2. The summed E-state index contributed by atoms with van der Waals surface area (Å²) in [7, 11) is 4.28. The molecule has 1 N–H and O–H groups in total. The van der Waals surface area contributed by atoms with Gasteiger partial charge in [0, 0.05) is 19.6 Å². The van der Waals surface area contributed by atoms with Crippen LogP contribution in [0, 0.1) is 12.3 Å². The van der Waals surface area contributed by atoms with Crippen molar-refractivity contribution in [2.45, 2.75) is 40.2 Å². The summed E-state index contributed by atoms with van der Waals surface area (Å²) in [4.78, 5) is 2.45. The van der Waals surface area contributed by atoms with E-state index >= 15 is 0 Å². The highest BCUT2D eigenvalue weighted by Crippen LogP contribution is 2.24.